The molecule has 0 saturated heterocycles. The molecule has 118 valence electrons. The Labute approximate surface area is 132 Å². The number of hydrogen-bond donors (Lipinski definition) is 2. The van der Waals surface area contributed by atoms with Gasteiger partial charge in [-0.25, -0.2) is 9.55 Å². The van der Waals surface area contributed by atoms with E-state index in [0.29, 0.717) is 0 Å². The lowest BCUT2D eigenvalue weighted by atomic mass is 10.1. The van der Waals surface area contributed by atoms with Crippen molar-refractivity contribution >= 4 is 31.4 Å². The second kappa shape index (κ2) is 6.89. The van der Waals surface area contributed by atoms with Gasteiger partial charge in [-0.15, -0.1) is 16.5 Å². The van der Waals surface area contributed by atoms with Crippen LogP contribution in [0.3, 0.4) is 0 Å². The van der Waals surface area contributed by atoms with Crippen molar-refractivity contribution in [2.75, 3.05) is 5.75 Å². The molecular weight excluding hydrogens is 331 g/mol. The van der Waals surface area contributed by atoms with Gasteiger partial charge in [-0.3, -0.25) is 0 Å². The van der Waals surface area contributed by atoms with Gasteiger partial charge in [0.05, 0.1) is 6.04 Å². The molecule has 1 aromatic rings. The van der Waals surface area contributed by atoms with Crippen LogP contribution in [0, 0.1) is 0 Å². The van der Waals surface area contributed by atoms with Gasteiger partial charge in [0.2, 0.25) is 5.88 Å². The number of rotatable bonds is 4. The Bertz CT molecular complexity index is 538. The summed E-state index contributed by atoms with van der Waals surface area (Å²) < 4.78 is 30.5. The quantitative estimate of drug-likeness (QED) is 0.636. The lowest BCUT2D eigenvalue weighted by molar-refractivity contribution is 0.402. The van der Waals surface area contributed by atoms with E-state index in [2.05, 4.69) is 9.71 Å². The summed E-state index contributed by atoms with van der Waals surface area (Å²) in [5.74, 6) is 0.988. The summed E-state index contributed by atoms with van der Waals surface area (Å²) in [6, 6.07) is 3.35. The van der Waals surface area contributed by atoms with Crippen LogP contribution in [0.25, 0.3) is 0 Å². The predicted octanol–water partition coefficient (Wildman–Crippen LogP) is 2.43. The monoisotopic (exact) mass is 350 g/mol. The Morgan fingerprint density at radius 3 is 2.90 bits per heavy atom. The fraction of sp³-hybridized carbons (Fsp3) is 0.583. The van der Waals surface area contributed by atoms with E-state index in [1.165, 1.54) is 0 Å². The normalized spacial score (nSPS) is 21.5. The lowest BCUT2D eigenvalue weighted by Gasteiger charge is -2.30. The Balaban J connectivity index is 2.18. The Morgan fingerprint density at radius 2 is 2.29 bits per heavy atom. The third kappa shape index (κ3) is 4.61. The van der Waals surface area contributed by atoms with Crippen molar-refractivity contribution in [1.82, 2.24) is 9.71 Å². The average Bonchev–Trinajstić information content (AvgIpc) is 2.36. The second-order valence-electron chi connectivity index (χ2n) is 5.60. The maximum Gasteiger partial charge on any atom is 0.366 e. The molecule has 2 N–H and O–H groups in total. The Hall–Kier alpha value is -0.240. The molecule has 0 amide bonds. The Morgan fingerprint density at radius 1 is 1.57 bits per heavy atom. The van der Waals surface area contributed by atoms with Gasteiger partial charge in [0.1, 0.15) is 9.77 Å². The molecular formula is C12H19N2O4PS2. The van der Waals surface area contributed by atoms with Gasteiger partial charge in [-0.05, 0) is 33.3 Å². The number of fused-ring (bicyclic) bond motifs is 1. The first-order valence-electron chi connectivity index (χ1n) is 6.50. The summed E-state index contributed by atoms with van der Waals surface area (Å²) >= 11 is 0.406. The van der Waals surface area contributed by atoms with Gasteiger partial charge in [-0.2, -0.15) is 0 Å². The highest BCUT2D eigenvalue weighted by Gasteiger charge is 2.32. The second-order valence-corrected chi connectivity index (χ2v) is 9.42. The van der Waals surface area contributed by atoms with Gasteiger partial charge in [0, 0.05) is 28.7 Å². The maximum atomic E-state index is 12.2. The van der Waals surface area contributed by atoms with Crippen LogP contribution in [0.1, 0.15) is 38.8 Å². The summed E-state index contributed by atoms with van der Waals surface area (Å²) in [5, 5.41) is 0.755. The summed E-state index contributed by atoms with van der Waals surface area (Å²) in [4.78, 5) is 13.0. The Kier molecular flexibility index (Phi) is 5.62. The minimum absolute atomic E-state index is 0.0333. The number of pyridine rings is 1. The van der Waals surface area contributed by atoms with Gasteiger partial charge in [-0.1, -0.05) is 0 Å². The van der Waals surface area contributed by atoms with Crippen molar-refractivity contribution in [2.45, 2.75) is 43.0 Å². The molecule has 21 heavy (non-hydrogen) atoms. The van der Waals surface area contributed by atoms with E-state index in [9.17, 15) is 9.12 Å². The molecule has 3 atom stereocenters. The van der Waals surface area contributed by atoms with E-state index in [-0.39, 0.29) is 16.7 Å². The van der Waals surface area contributed by atoms with Crippen LogP contribution in [0.15, 0.2) is 17.2 Å². The van der Waals surface area contributed by atoms with Crippen LogP contribution in [0.4, 0.5) is 0 Å². The molecule has 2 heterocycles. The number of aromatic nitrogens is 1. The molecule has 0 fully saturated rings. The first kappa shape index (κ1) is 17.1. The molecule has 2 rings (SSSR count). The summed E-state index contributed by atoms with van der Waals surface area (Å²) in [5.41, 5.74) is 0.953. The molecule has 6 nitrogen and oxygen atoms in total. The minimum Gasteiger partial charge on any atom is -0.598 e. The summed E-state index contributed by atoms with van der Waals surface area (Å²) in [6.07, 6.45) is 0.859. The standard InChI is InChI=1S/C12H19N2O4PS2/c1-12(2,3)21(17)14-9-6-7-20-11-8(9)4-5-10(13-11)18-19(15)16/h4-5,9,14,19H,6-7H2,1-3H3,(H,15,16). The number of thioether (sulfide) groups is 1. The highest BCUT2D eigenvalue weighted by atomic mass is 32.2. The van der Waals surface area contributed by atoms with Crippen molar-refractivity contribution in [2.24, 2.45) is 0 Å². The third-order valence-electron chi connectivity index (χ3n) is 2.88. The summed E-state index contributed by atoms with van der Waals surface area (Å²) in [6.45, 7) is 5.76. The largest absolute Gasteiger partial charge is 0.598 e. The van der Waals surface area contributed by atoms with Crippen molar-refractivity contribution in [3.05, 3.63) is 17.7 Å². The predicted molar refractivity (Wildman–Crippen MR) is 85.2 cm³/mol. The van der Waals surface area contributed by atoms with E-state index in [1.54, 1.807) is 17.8 Å². The molecule has 1 aliphatic rings. The third-order valence-corrected chi connectivity index (χ3v) is 5.92. The van der Waals surface area contributed by atoms with E-state index >= 15 is 0 Å². The van der Waals surface area contributed by atoms with E-state index in [4.69, 9.17) is 9.42 Å². The topological polar surface area (TPSA) is 94.5 Å². The SMILES string of the molecule is CC(C)(C)[S+]([O-])NC1CCSc2nc(O[PH](=O)O)ccc21. The van der Waals surface area contributed by atoms with Crippen molar-refractivity contribution in [3.8, 4) is 5.88 Å². The summed E-state index contributed by atoms with van der Waals surface area (Å²) in [7, 11) is -3.05. The van der Waals surface area contributed by atoms with Crippen LogP contribution in [0.2, 0.25) is 0 Å². The van der Waals surface area contributed by atoms with E-state index < -0.39 is 19.6 Å². The van der Waals surface area contributed by atoms with Gasteiger partial charge >= 0.3 is 8.25 Å². The first-order valence-corrected chi connectivity index (χ1v) is 9.90. The zero-order valence-corrected chi connectivity index (χ0v) is 14.7. The van der Waals surface area contributed by atoms with Crippen molar-refractivity contribution in [1.29, 1.82) is 0 Å². The number of hydrogen-bond acceptors (Lipinski definition) is 6. The van der Waals surface area contributed by atoms with Crippen LogP contribution < -0.4 is 9.25 Å². The maximum absolute atomic E-state index is 12.2. The highest BCUT2D eigenvalue weighted by molar-refractivity contribution is 7.99. The molecule has 3 unspecified atom stereocenters. The molecule has 0 bridgehead atoms. The zero-order valence-electron chi connectivity index (χ0n) is 12.1. The van der Waals surface area contributed by atoms with Gasteiger partial charge < -0.3 is 14.0 Å². The van der Waals surface area contributed by atoms with Gasteiger partial charge in [0.25, 0.3) is 0 Å². The molecule has 1 aliphatic heterocycles. The van der Waals surface area contributed by atoms with Gasteiger partial charge in [0.15, 0.2) is 0 Å². The zero-order chi connectivity index (χ0) is 15.6. The van der Waals surface area contributed by atoms with Crippen LogP contribution in [0.5, 0.6) is 5.88 Å². The lowest BCUT2D eigenvalue weighted by Crippen LogP contribution is -2.42. The molecule has 0 aliphatic carbocycles. The highest BCUT2D eigenvalue weighted by Crippen LogP contribution is 2.37. The minimum atomic E-state index is -3.05. The van der Waals surface area contributed by atoms with Crippen LogP contribution in [-0.2, 0) is 15.9 Å². The molecule has 0 saturated carbocycles. The average molecular weight is 350 g/mol. The molecule has 0 spiro atoms. The fourth-order valence-corrected chi connectivity index (χ4v) is 4.05. The molecule has 0 radical (unpaired) electrons. The molecule has 1 aromatic heterocycles. The van der Waals surface area contributed by atoms with Crippen LogP contribution >= 0.6 is 20.0 Å². The smallest absolute Gasteiger partial charge is 0.366 e. The fourth-order valence-electron chi connectivity index (χ4n) is 1.82. The van der Waals surface area contributed by atoms with Crippen LogP contribution in [-0.4, -0.2) is 24.9 Å². The first-order chi connectivity index (χ1) is 9.77. The molecule has 9 heteroatoms. The van der Waals surface area contributed by atoms with E-state index in [1.807, 2.05) is 26.8 Å². The van der Waals surface area contributed by atoms with Crippen molar-refractivity contribution < 1.29 is 18.5 Å². The van der Waals surface area contributed by atoms with Crippen molar-refractivity contribution in [3.63, 3.8) is 0 Å². The number of nitrogens with zero attached hydrogens (tertiary/aromatic N) is 1. The number of nitrogens with one attached hydrogen (secondary N) is 1. The molecule has 0 aromatic carbocycles. The van der Waals surface area contributed by atoms with E-state index in [0.717, 1.165) is 22.8 Å².